The van der Waals surface area contributed by atoms with Crippen LogP contribution < -0.4 is 5.90 Å². The van der Waals surface area contributed by atoms with Crippen molar-refractivity contribution in [2.75, 3.05) is 6.61 Å². The Morgan fingerprint density at radius 2 is 1.17 bits per heavy atom. The van der Waals surface area contributed by atoms with Crippen LogP contribution in [0.5, 0.6) is 0 Å². The van der Waals surface area contributed by atoms with E-state index in [1.54, 1.807) is 0 Å². The molecule has 0 spiro atoms. The summed E-state index contributed by atoms with van der Waals surface area (Å²) in [5.41, 5.74) is 0. The molecule has 4 N–H and O–H groups in total. The van der Waals surface area contributed by atoms with Crippen LogP contribution in [-0.2, 0) is 0 Å². The highest BCUT2D eigenvalue weighted by atomic mass is 16.4. The quantitative estimate of drug-likeness (QED) is 0.541. The SMILES string of the molecule is C1CCCCC1.CCCO.NO.[HH]. The molecule has 0 unspecified atom stereocenters. The predicted molar refractivity (Wildman–Crippen MR) is 53.2 cm³/mol. The molecule has 0 atom stereocenters. The summed E-state index contributed by atoms with van der Waals surface area (Å²) in [4.78, 5) is 0. The fraction of sp³-hybridized carbons (Fsp3) is 1.00. The lowest BCUT2D eigenvalue weighted by atomic mass is 10.0. The van der Waals surface area contributed by atoms with Crippen molar-refractivity contribution in [3.05, 3.63) is 0 Å². The highest BCUT2D eigenvalue weighted by Gasteiger charge is 1.95. The van der Waals surface area contributed by atoms with Gasteiger partial charge in [0.2, 0.25) is 0 Å². The van der Waals surface area contributed by atoms with Gasteiger partial charge in [-0.15, -0.1) is 0 Å². The Kier molecular flexibility index (Phi) is 20.5. The third-order valence-electron chi connectivity index (χ3n) is 1.72. The average molecular weight is 179 g/mol. The lowest BCUT2D eigenvalue weighted by molar-refractivity contribution is 0.295. The zero-order chi connectivity index (χ0) is 9.66. The van der Waals surface area contributed by atoms with Crippen LogP contribution in [0.3, 0.4) is 0 Å². The molecule has 1 aliphatic rings. The number of aliphatic hydroxyl groups excluding tert-OH is 1. The van der Waals surface area contributed by atoms with Crippen molar-refractivity contribution >= 4 is 0 Å². The summed E-state index contributed by atoms with van der Waals surface area (Å²) in [5.74, 6) is 3.50. The van der Waals surface area contributed by atoms with Gasteiger partial charge in [-0.2, -0.15) is 0 Å². The molecule has 0 heterocycles. The largest absolute Gasteiger partial charge is 0.396 e. The van der Waals surface area contributed by atoms with E-state index in [-0.39, 0.29) is 1.43 Å². The summed E-state index contributed by atoms with van der Waals surface area (Å²) >= 11 is 0. The molecule has 1 fully saturated rings. The number of hydrogen-bond donors (Lipinski definition) is 3. The Bertz CT molecular complexity index is 48.1. The minimum atomic E-state index is 0. The van der Waals surface area contributed by atoms with Gasteiger partial charge in [0.15, 0.2) is 0 Å². The molecule has 3 nitrogen and oxygen atoms in total. The third kappa shape index (κ3) is 16.5. The number of rotatable bonds is 1. The first-order valence-electron chi connectivity index (χ1n) is 4.78. The molecular formula is C9H25NO2. The normalized spacial score (nSPS) is 15.0. The van der Waals surface area contributed by atoms with Crippen LogP contribution in [-0.4, -0.2) is 16.9 Å². The molecule has 0 aromatic carbocycles. The Morgan fingerprint density at radius 1 is 1.00 bits per heavy atom. The molecule has 0 radical (unpaired) electrons. The summed E-state index contributed by atoms with van der Waals surface area (Å²) in [6.07, 6.45) is 9.88. The Morgan fingerprint density at radius 3 is 1.25 bits per heavy atom. The minimum absolute atomic E-state index is 0. The van der Waals surface area contributed by atoms with Crippen molar-refractivity contribution in [1.82, 2.24) is 0 Å². The van der Waals surface area contributed by atoms with E-state index in [1.165, 1.54) is 38.5 Å². The molecule has 1 aliphatic carbocycles. The van der Waals surface area contributed by atoms with Crippen molar-refractivity contribution in [3.63, 3.8) is 0 Å². The minimum Gasteiger partial charge on any atom is -0.396 e. The average Bonchev–Trinajstić information content (AvgIpc) is 2.24. The molecule has 78 valence electrons. The monoisotopic (exact) mass is 179 g/mol. The molecule has 0 bridgehead atoms. The lowest BCUT2D eigenvalue weighted by Gasteiger charge is -2.05. The van der Waals surface area contributed by atoms with Crippen molar-refractivity contribution in [2.24, 2.45) is 5.90 Å². The summed E-state index contributed by atoms with van der Waals surface area (Å²) in [5, 5.41) is 14.4. The standard InChI is InChI=1S/C6H12.C3H8O.H3NO.H2/c1-2-4-6-5-3-1;1-2-3-4;1-2;/h1-6H2;4H,2-3H2,1H3;2H,1H2;1H. The Labute approximate surface area is 77.0 Å². The summed E-state index contributed by atoms with van der Waals surface area (Å²) in [7, 11) is 0. The molecule has 0 aromatic rings. The zero-order valence-corrected chi connectivity index (χ0v) is 8.13. The molecule has 1 saturated carbocycles. The highest BCUT2D eigenvalue weighted by Crippen LogP contribution is 2.15. The fourth-order valence-corrected chi connectivity index (χ4v) is 1.06. The van der Waals surface area contributed by atoms with E-state index >= 15 is 0 Å². The second-order valence-corrected chi connectivity index (χ2v) is 2.84. The van der Waals surface area contributed by atoms with Gasteiger partial charge in [0, 0.05) is 8.03 Å². The Balaban J connectivity index is -0.000000128. The van der Waals surface area contributed by atoms with Crippen molar-refractivity contribution in [2.45, 2.75) is 51.9 Å². The van der Waals surface area contributed by atoms with E-state index in [9.17, 15) is 0 Å². The molecule has 0 amide bonds. The molecule has 1 rings (SSSR count). The first-order valence-corrected chi connectivity index (χ1v) is 4.78. The van der Waals surface area contributed by atoms with Gasteiger partial charge in [-0.1, -0.05) is 45.4 Å². The van der Waals surface area contributed by atoms with Crippen molar-refractivity contribution in [1.29, 1.82) is 0 Å². The Hall–Kier alpha value is -0.120. The molecule has 12 heavy (non-hydrogen) atoms. The first-order chi connectivity index (χ1) is 5.91. The van der Waals surface area contributed by atoms with E-state index < -0.39 is 0 Å². The smallest absolute Gasteiger partial charge is 0.0428 e. The fourth-order valence-electron chi connectivity index (χ4n) is 1.06. The van der Waals surface area contributed by atoms with E-state index in [1.807, 2.05) is 6.92 Å². The maximum absolute atomic E-state index is 7.88. The molecule has 0 aliphatic heterocycles. The van der Waals surface area contributed by atoms with Gasteiger partial charge in [0.05, 0.1) is 0 Å². The van der Waals surface area contributed by atoms with E-state index in [0.717, 1.165) is 6.42 Å². The second-order valence-electron chi connectivity index (χ2n) is 2.84. The van der Waals surface area contributed by atoms with Crippen LogP contribution in [0, 0.1) is 0 Å². The highest BCUT2D eigenvalue weighted by molar-refractivity contribution is 4.51. The summed E-state index contributed by atoms with van der Waals surface area (Å²) in [6.45, 7) is 2.25. The lowest BCUT2D eigenvalue weighted by Crippen LogP contribution is -1.85. The zero-order valence-electron chi connectivity index (χ0n) is 8.13. The van der Waals surface area contributed by atoms with Gasteiger partial charge >= 0.3 is 0 Å². The van der Waals surface area contributed by atoms with Gasteiger partial charge in [-0.25, -0.2) is 5.90 Å². The van der Waals surface area contributed by atoms with Crippen LogP contribution in [0.1, 0.15) is 53.3 Å². The van der Waals surface area contributed by atoms with Crippen LogP contribution in [0.4, 0.5) is 0 Å². The van der Waals surface area contributed by atoms with Gasteiger partial charge in [-0.05, 0) is 6.42 Å². The molecular weight excluding hydrogens is 154 g/mol. The van der Waals surface area contributed by atoms with Crippen LogP contribution in [0.15, 0.2) is 0 Å². The van der Waals surface area contributed by atoms with Gasteiger partial charge < -0.3 is 10.3 Å². The molecule has 3 heteroatoms. The van der Waals surface area contributed by atoms with Gasteiger partial charge in [0.25, 0.3) is 0 Å². The van der Waals surface area contributed by atoms with E-state index in [4.69, 9.17) is 10.3 Å². The topological polar surface area (TPSA) is 66.5 Å². The van der Waals surface area contributed by atoms with Crippen LogP contribution >= 0.6 is 0 Å². The second kappa shape index (κ2) is 17.1. The maximum Gasteiger partial charge on any atom is 0.0428 e. The van der Waals surface area contributed by atoms with Crippen LogP contribution in [0.2, 0.25) is 0 Å². The van der Waals surface area contributed by atoms with E-state index in [2.05, 4.69) is 5.90 Å². The summed E-state index contributed by atoms with van der Waals surface area (Å²) < 4.78 is 0. The third-order valence-corrected chi connectivity index (χ3v) is 1.72. The molecule has 0 saturated heterocycles. The number of aliphatic hydroxyl groups is 1. The van der Waals surface area contributed by atoms with Gasteiger partial charge in [0.1, 0.15) is 0 Å². The molecule has 0 aromatic heterocycles. The van der Waals surface area contributed by atoms with Gasteiger partial charge in [-0.3, -0.25) is 0 Å². The predicted octanol–water partition coefficient (Wildman–Crippen LogP) is 2.31. The summed E-state index contributed by atoms with van der Waals surface area (Å²) in [6, 6.07) is 0. The first kappa shape index (κ1) is 14.4. The number of hydrogen-bond acceptors (Lipinski definition) is 3. The van der Waals surface area contributed by atoms with Crippen molar-refractivity contribution < 1.29 is 11.7 Å². The van der Waals surface area contributed by atoms with Crippen molar-refractivity contribution in [3.8, 4) is 0 Å². The number of nitrogens with two attached hydrogens (primary N) is 1. The van der Waals surface area contributed by atoms with E-state index in [0.29, 0.717) is 6.61 Å². The van der Waals surface area contributed by atoms with Crippen LogP contribution in [0.25, 0.3) is 0 Å². The maximum atomic E-state index is 7.88.